The number of allylic oxidation sites excluding steroid dienone is 2. The summed E-state index contributed by atoms with van der Waals surface area (Å²) in [5.74, 6) is 0.547. The number of ketones is 1. The average Bonchev–Trinajstić information content (AvgIpc) is 3.72. The molecule has 2 aromatic heterocycles. The number of hydrogen-bond acceptors (Lipinski definition) is 4. The van der Waals surface area contributed by atoms with E-state index in [0.717, 1.165) is 55.2 Å². The number of benzene rings is 4. The molecule has 6 aromatic rings. The molecule has 68 heavy (non-hydrogen) atoms. The standard InChI is InChI=1S/C49H58NSSi.C13H24O2.Ir/c1-47(2,3)32-34-19-23-40(24-20-34)52(39-16-11-10-12-17-39,41-25-21-35(22-26-41)33-48(4,5)6)44-31-37-27-28-50-45(46(37)51-44)38-29-36-15-13-14-18-42(36)43(30-38)49(7,8)9;1-5-10(6-2)12(14)9-13(15)11(7-3)8-4;/h13-15,18-28,30-31,39H,10-12,16-17,32-33H2,1-9H3;9-11,14H,5-8H2,1-4H3;/q-1;;/b;12-9-;. The van der Waals surface area contributed by atoms with E-state index >= 15 is 0 Å². The Balaban J connectivity index is 0.000000467. The van der Waals surface area contributed by atoms with Gasteiger partial charge in [-0.05, 0) is 99.3 Å². The number of carbonyl (C=O) groups is 1. The number of thiophene rings is 1. The first-order chi connectivity index (χ1) is 31.7. The van der Waals surface area contributed by atoms with Crippen molar-refractivity contribution < 1.29 is 30.0 Å². The molecule has 2 heterocycles. The fraction of sp³-hybridized carbons (Fsp3) is 0.484. The van der Waals surface area contributed by atoms with E-state index in [2.05, 4.69) is 159 Å². The van der Waals surface area contributed by atoms with Gasteiger partial charge in [0.25, 0.3) is 0 Å². The number of hydrogen-bond donors (Lipinski definition) is 1. The van der Waals surface area contributed by atoms with Gasteiger partial charge in [0.2, 0.25) is 0 Å². The number of aliphatic hydroxyl groups excluding tert-OH is 1. The second kappa shape index (κ2) is 23.5. The Kier molecular flexibility index (Phi) is 19.1. The topological polar surface area (TPSA) is 50.2 Å². The zero-order valence-corrected chi connectivity index (χ0v) is 48.1. The summed E-state index contributed by atoms with van der Waals surface area (Å²) in [6.07, 6.45) is 15.7. The van der Waals surface area contributed by atoms with E-state index < -0.39 is 8.07 Å². The van der Waals surface area contributed by atoms with Crippen LogP contribution in [0, 0.1) is 28.7 Å². The van der Waals surface area contributed by atoms with Gasteiger partial charge in [-0.15, -0.1) is 29.1 Å². The Labute approximate surface area is 430 Å². The van der Waals surface area contributed by atoms with Crippen LogP contribution in [0.2, 0.25) is 5.54 Å². The van der Waals surface area contributed by atoms with Crippen molar-refractivity contribution in [2.75, 3.05) is 0 Å². The summed E-state index contributed by atoms with van der Waals surface area (Å²) in [6.45, 7) is 29.1. The molecule has 0 bridgehead atoms. The third-order valence-electron chi connectivity index (χ3n) is 14.2. The van der Waals surface area contributed by atoms with Gasteiger partial charge in [-0.25, -0.2) is 0 Å². The van der Waals surface area contributed by atoms with Gasteiger partial charge in [0, 0.05) is 59.1 Å². The molecule has 4 aromatic carbocycles. The summed E-state index contributed by atoms with van der Waals surface area (Å²) < 4.78 is 2.87. The van der Waals surface area contributed by atoms with Crippen molar-refractivity contribution in [2.45, 2.75) is 172 Å². The number of nitrogens with zero attached hydrogens (tertiary/aromatic N) is 1. The molecule has 0 spiro atoms. The van der Waals surface area contributed by atoms with Crippen LogP contribution in [0.4, 0.5) is 0 Å². The molecule has 0 unspecified atom stereocenters. The fourth-order valence-corrected chi connectivity index (χ4v) is 19.1. The van der Waals surface area contributed by atoms with Gasteiger partial charge in [0.15, 0.2) is 13.9 Å². The predicted molar refractivity (Wildman–Crippen MR) is 295 cm³/mol. The zero-order valence-electron chi connectivity index (χ0n) is 43.9. The molecule has 0 amide bonds. The van der Waals surface area contributed by atoms with Crippen LogP contribution in [0.15, 0.2) is 109 Å². The molecule has 0 atom stereocenters. The predicted octanol–water partition coefficient (Wildman–Crippen LogP) is 16.1. The normalized spacial score (nSPS) is 14.3. The van der Waals surface area contributed by atoms with Gasteiger partial charge < -0.3 is 5.11 Å². The van der Waals surface area contributed by atoms with E-state index in [1.807, 2.05) is 45.2 Å². The van der Waals surface area contributed by atoms with Gasteiger partial charge in [-0.2, -0.15) is 11.3 Å². The number of fused-ring (bicyclic) bond motifs is 2. The average molecular weight is 1130 g/mol. The number of rotatable bonds is 14. The summed E-state index contributed by atoms with van der Waals surface area (Å²) in [5.41, 5.74) is 7.55. The summed E-state index contributed by atoms with van der Waals surface area (Å²) in [5, 5.41) is 16.6. The maximum absolute atomic E-state index is 11.7. The summed E-state index contributed by atoms with van der Waals surface area (Å²) in [7, 11) is -2.50. The van der Waals surface area contributed by atoms with Gasteiger partial charge >= 0.3 is 0 Å². The second-order valence-corrected chi connectivity index (χ2v) is 28.6. The van der Waals surface area contributed by atoms with Crippen LogP contribution >= 0.6 is 11.3 Å². The van der Waals surface area contributed by atoms with Crippen molar-refractivity contribution in [1.29, 1.82) is 0 Å². The second-order valence-electron chi connectivity index (χ2n) is 23.1. The Bertz CT molecular complexity index is 2530. The van der Waals surface area contributed by atoms with Gasteiger partial charge in [0.1, 0.15) is 0 Å². The summed E-state index contributed by atoms with van der Waals surface area (Å²) >= 11 is 2.04. The first kappa shape index (κ1) is 55.3. The minimum Gasteiger partial charge on any atom is -0.512 e. The van der Waals surface area contributed by atoms with E-state index in [4.69, 9.17) is 4.98 Å². The molecule has 0 saturated heterocycles. The molecule has 1 aliphatic carbocycles. The minimum atomic E-state index is -2.50. The number of carbonyl (C=O) groups excluding carboxylic acids is 1. The first-order valence-electron chi connectivity index (χ1n) is 25.7. The van der Waals surface area contributed by atoms with E-state index in [9.17, 15) is 9.90 Å². The molecule has 367 valence electrons. The van der Waals surface area contributed by atoms with Crippen LogP contribution < -0.4 is 14.9 Å². The van der Waals surface area contributed by atoms with Crippen molar-refractivity contribution in [1.82, 2.24) is 4.98 Å². The Morgan fingerprint density at radius 1 is 0.735 bits per heavy atom. The molecule has 1 aliphatic rings. The Morgan fingerprint density at radius 3 is 1.76 bits per heavy atom. The molecular formula is C62H82IrNO2SSi-. The first-order valence-corrected chi connectivity index (χ1v) is 28.6. The molecule has 1 radical (unpaired) electrons. The van der Waals surface area contributed by atoms with Crippen molar-refractivity contribution in [3.05, 3.63) is 132 Å². The molecule has 1 N–H and O–H groups in total. The summed E-state index contributed by atoms with van der Waals surface area (Å²) in [6, 6.07) is 39.8. The number of aliphatic hydroxyl groups is 1. The Hall–Kier alpha value is -3.67. The van der Waals surface area contributed by atoms with E-state index in [1.165, 1.54) is 70.3 Å². The van der Waals surface area contributed by atoms with Crippen molar-refractivity contribution in [3.63, 3.8) is 0 Å². The van der Waals surface area contributed by atoms with Crippen LogP contribution in [-0.2, 0) is 43.2 Å². The quantitative estimate of drug-likeness (QED) is 0.0512. The molecule has 6 heteroatoms. The summed E-state index contributed by atoms with van der Waals surface area (Å²) in [4.78, 5) is 16.9. The zero-order chi connectivity index (χ0) is 48.7. The van der Waals surface area contributed by atoms with Crippen molar-refractivity contribution >= 4 is 60.9 Å². The number of pyridine rings is 1. The molecule has 7 rings (SSSR count). The van der Waals surface area contributed by atoms with Crippen LogP contribution in [0.25, 0.3) is 32.1 Å². The molecule has 1 saturated carbocycles. The largest absolute Gasteiger partial charge is 0.512 e. The number of aromatic nitrogens is 1. The van der Waals surface area contributed by atoms with E-state index in [0.29, 0.717) is 5.54 Å². The maximum Gasteiger partial charge on any atom is 0.163 e. The van der Waals surface area contributed by atoms with E-state index in [-0.39, 0.29) is 59.7 Å². The monoisotopic (exact) mass is 1130 g/mol. The third-order valence-corrected chi connectivity index (χ3v) is 21.7. The van der Waals surface area contributed by atoms with Gasteiger partial charge in [0.05, 0.1) is 5.76 Å². The van der Waals surface area contributed by atoms with Crippen LogP contribution in [0.1, 0.15) is 164 Å². The van der Waals surface area contributed by atoms with Crippen LogP contribution in [-0.4, -0.2) is 23.9 Å². The Morgan fingerprint density at radius 2 is 1.26 bits per heavy atom. The SMILES string of the molecule is CC(C)(C)Cc1ccc([Si](c2ccc(CC(C)(C)C)cc2)(c2cc3ccnc(-c4[c-]c5ccccc5c(C(C)(C)C)c4)c3s2)C2CCCCC2)cc1.CCC(CC)C(=O)/C=C(\O)C(CC)CC.[Ir]. The fourth-order valence-electron chi connectivity index (χ4n) is 10.8. The minimum absolute atomic E-state index is 0. The van der Waals surface area contributed by atoms with Crippen molar-refractivity contribution in [3.8, 4) is 11.3 Å². The van der Waals surface area contributed by atoms with Crippen LogP contribution in [0.3, 0.4) is 0 Å². The van der Waals surface area contributed by atoms with Crippen molar-refractivity contribution in [2.24, 2.45) is 22.7 Å². The molecular weight excluding hydrogens is 1040 g/mol. The van der Waals surface area contributed by atoms with E-state index in [1.54, 1.807) is 14.9 Å². The van der Waals surface area contributed by atoms with Gasteiger partial charge in [-0.3, -0.25) is 9.78 Å². The molecule has 1 fully saturated rings. The van der Waals surface area contributed by atoms with Crippen LogP contribution in [0.5, 0.6) is 0 Å². The third kappa shape index (κ3) is 13.2. The maximum atomic E-state index is 11.7. The smallest absolute Gasteiger partial charge is 0.163 e. The molecule has 3 nitrogen and oxygen atoms in total. The molecule has 0 aliphatic heterocycles. The van der Waals surface area contributed by atoms with Gasteiger partial charge in [-0.1, -0.05) is 200 Å².